The first-order valence-corrected chi connectivity index (χ1v) is 7.80. The lowest BCUT2D eigenvalue weighted by Gasteiger charge is -2.05. The Labute approximate surface area is 136 Å². The Kier molecular flexibility index (Phi) is 4.64. The second-order valence-corrected chi connectivity index (χ2v) is 5.79. The third kappa shape index (κ3) is 3.38. The summed E-state index contributed by atoms with van der Waals surface area (Å²) in [5, 5.41) is 0.602. The van der Waals surface area contributed by atoms with Gasteiger partial charge in [0.25, 0.3) is 0 Å². The second kappa shape index (κ2) is 6.85. The van der Waals surface area contributed by atoms with Gasteiger partial charge in [-0.1, -0.05) is 12.1 Å². The molecule has 0 atom stereocenters. The lowest BCUT2D eigenvalue weighted by molar-refractivity contribution is 0.115. The lowest BCUT2D eigenvalue weighted by Crippen LogP contribution is -2.05. The summed E-state index contributed by atoms with van der Waals surface area (Å²) >= 11 is 0.941. The summed E-state index contributed by atoms with van der Waals surface area (Å²) in [5.74, 6) is 0. The maximum Gasteiger partial charge on any atom is 0.372 e. The average molecular weight is 330 g/mol. The molecule has 0 saturated heterocycles. The predicted octanol–water partition coefficient (Wildman–Crippen LogP) is 3.82. The summed E-state index contributed by atoms with van der Waals surface area (Å²) in [6, 6.07) is 12.1. The molecule has 1 heterocycles. The van der Waals surface area contributed by atoms with Crippen molar-refractivity contribution in [3.05, 3.63) is 52.7 Å². The van der Waals surface area contributed by atoms with Crippen LogP contribution in [0.1, 0.15) is 0 Å². The van der Waals surface area contributed by atoms with Gasteiger partial charge in [0, 0.05) is 12.0 Å². The molecular formula is C17H14O5S. The van der Waals surface area contributed by atoms with Crippen molar-refractivity contribution < 1.29 is 18.7 Å². The van der Waals surface area contributed by atoms with Crippen molar-refractivity contribution in [2.75, 3.05) is 20.3 Å². The smallest absolute Gasteiger partial charge is 0.372 e. The van der Waals surface area contributed by atoms with Crippen LogP contribution < -0.4 is 5.43 Å². The zero-order chi connectivity index (χ0) is 16.2. The van der Waals surface area contributed by atoms with Gasteiger partial charge in [0.15, 0.2) is 0 Å². The van der Waals surface area contributed by atoms with Gasteiger partial charge >= 0.3 is 5.30 Å². The highest BCUT2D eigenvalue weighted by molar-refractivity contribution is 8.13. The van der Waals surface area contributed by atoms with Crippen LogP contribution in [0.15, 0.2) is 56.6 Å². The lowest BCUT2D eigenvalue weighted by atomic mass is 10.1. The highest BCUT2D eigenvalue weighted by atomic mass is 32.2. The van der Waals surface area contributed by atoms with Gasteiger partial charge in [-0.25, -0.2) is 4.79 Å². The molecule has 0 unspecified atom stereocenters. The quantitative estimate of drug-likeness (QED) is 0.313. The monoisotopic (exact) mass is 330 g/mol. The number of carbonyl (C=O) groups excluding carboxylic acids is 1. The molecule has 0 N–H and O–H groups in total. The normalized spacial score (nSPS) is 11.0. The number of methoxy groups -OCH3 is 1. The van der Waals surface area contributed by atoms with Crippen molar-refractivity contribution in [3.63, 3.8) is 0 Å². The Balaban J connectivity index is 1.91. The molecule has 0 amide bonds. The molecule has 118 valence electrons. The number of ether oxygens (including phenoxy) is 2. The molecule has 0 aliphatic rings. The van der Waals surface area contributed by atoms with Crippen LogP contribution in [0.2, 0.25) is 0 Å². The van der Waals surface area contributed by atoms with Gasteiger partial charge in [0.1, 0.15) is 17.8 Å². The van der Waals surface area contributed by atoms with Crippen LogP contribution in [0.3, 0.4) is 0 Å². The van der Waals surface area contributed by atoms with Gasteiger partial charge in [-0.15, -0.1) is 0 Å². The topological polar surface area (TPSA) is 65.7 Å². The SMILES string of the molecule is COCCOC(=O)Sc1ccc2c(=O)c3ccccc3oc2c1. The van der Waals surface area contributed by atoms with Gasteiger partial charge in [0.05, 0.1) is 17.4 Å². The van der Waals surface area contributed by atoms with Crippen LogP contribution in [-0.2, 0) is 9.47 Å². The van der Waals surface area contributed by atoms with E-state index >= 15 is 0 Å². The number of carbonyl (C=O) groups is 1. The molecule has 1 aromatic heterocycles. The Morgan fingerprint density at radius 1 is 1.09 bits per heavy atom. The summed E-state index contributed by atoms with van der Waals surface area (Å²) < 4.78 is 15.6. The van der Waals surface area contributed by atoms with E-state index in [4.69, 9.17) is 13.9 Å². The van der Waals surface area contributed by atoms with Crippen LogP contribution in [0.5, 0.6) is 0 Å². The number of fused-ring (bicyclic) bond motifs is 2. The molecule has 0 saturated carbocycles. The van der Waals surface area contributed by atoms with E-state index in [0.29, 0.717) is 33.4 Å². The first-order chi connectivity index (χ1) is 11.2. The molecule has 2 aromatic carbocycles. The van der Waals surface area contributed by atoms with E-state index in [-0.39, 0.29) is 12.0 Å². The number of para-hydroxylation sites is 1. The van der Waals surface area contributed by atoms with Gasteiger partial charge in [-0.2, -0.15) is 0 Å². The van der Waals surface area contributed by atoms with E-state index in [1.807, 2.05) is 6.07 Å². The maximum absolute atomic E-state index is 12.4. The van der Waals surface area contributed by atoms with Crippen LogP contribution in [0.4, 0.5) is 4.79 Å². The highest BCUT2D eigenvalue weighted by Gasteiger charge is 2.11. The van der Waals surface area contributed by atoms with E-state index in [0.717, 1.165) is 11.8 Å². The molecule has 23 heavy (non-hydrogen) atoms. The molecule has 0 spiro atoms. The summed E-state index contributed by atoms with van der Waals surface area (Å²) in [4.78, 5) is 24.8. The molecule has 0 aliphatic heterocycles. The second-order valence-electron chi connectivity index (χ2n) is 4.78. The minimum absolute atomic E-state index is 0.0823. The molecule has 5 nitrogen and oxygen atoms in total. The van der Waals surface area contributed by atoms with E-state index in [1.54, 1.807) is 36.4 Å². The first-order valence-electron chi connectivity index (χ1n) is 6.98. The standard InChI is InChI=1S/C17H14O5S/c1-20-8-9-21-17(19)23-11-6-7-13-15(10-11)22-14-5-3-2-4-12(14)16(13)18/h2-7,10H,8-9H2,1H3. The van der Waals surface area contributed by atoms with Crippen molar-refractivity contribution in [2.45, 2.75) is 4.90 Å². The number of hydrogen-bond donors (Lipinski definition) is 0. The van der Waals surface area contributed by atoms with Crippen molar-refractivity contribution in [1.82, 2.24) is 0 Å². The van der Waals surface area contributed by atoms with Gasteiger partial charge in [-0.3, -0.25) is 4.79 Å². The third-order valence-corrected chi connectivity index (χ3v) is 4.03. The van der Waals surface area contributed by atoms with Gasteiger partial charge in [-0.05, 0) is 42.1 Å². The van der Waals surface area contributed by atoms with E-state index in [1.165, 1.54) is 7.11 Å². The van der Waals surface area contributed by atoms with Crippen molar-refractivity contribution in [2.24, 2.45) is 0 Å². The Bertz CT molecular complexity index is 916. The number of thioether (sulfide) groups is 1. The summed E-state index contributed by atoms with van der Waals surface area (Å²) in [6.07, 6.45) is 0. The van der Waals surface area contributed by atoms with E-state index in [9.17, 15) is 9.59 Å². The average Bonchev–Trinajstić information content (AvgIpc) is 2.55. The van der Waals surface area contributed by atoms with E-state index < -0.39 is 5.30 Å². The van der Waals surface area contributed by atoms with E-state index in [2.05, 4.69) is 0 Å². The molecule has 0 aliphatic carbocycles. The van der Waals surface area contributed by atoms with Crippen molar-refractivity contribution in [1.29, 1.82) is 0 Å². The third-order valence-electron chi connectivity index (χ3n) is 3.26. The fourth-order valence-electron chi connectivity index (χ4n) is 2.18. The molecule has 6 heteroatoms. The van der Waals surface area contributed by atoms with Crippen LogP contribution in [-0.4, -0.2) is 25.6 Å². The van der Waals surface area contributed by atoms with Crippen LogP contribution in [0, 0.1) is 0 Å². The van der Waals surface area contributed by atoms with Crippen molar-refractivity contribution in [3.8, 4) is 0 Å². The fraction of sp³-hybridized carbons (Fsp3) is 0.176. The maximum atomic E-state index is 12.4. The molecule has 3 aromatic rings. The molecular weight excluding hydrogens is 316 g/mol. The minimum atomic E-state index is -0.426. The molecule has 0 bridgehead atoms. The van der Waals surface area contributed by atoms with Crippen LogP contribution >= 0.6 is 11.8 Å². The Morgan fingerprint density at radius 3 is 2.70 bits per heavy atom. The zero-order valence-corrected chi connectivity index (χ0v) is 13.2. The number of hydrogen-bond acceptors (Lipinski definition) is 6. The number of rotatable bonds is 4. The predicted molar refractivity (Wildman–Crippen MR) is 89.1 cm³/mol. The summed E-state index contributed by atoms with van der Waals surface area (Å²) in [6.45, 7) is 0.556. The summed E-state index contributed by atoms with van der Waals surface area (Å²) in [7, 11) is 1.54. The molecule has 3 rings (SSSR count). The van der Waals surface area contributed by atoms with Gasteiger partial charge in [0.2, 0.25) is 5.43 Å². The summed E-state index contributed by atoms with van der Waals surface area (Å²) in [5.41, 5.74) is 0.888. The Hall–Kier alpha value is -2.31. The Morgan fingerprint density at radius 2 is 1.87 bits per heavy atom. The number of benzene rings is 2. The first kappa shape index (κ1) is 15.6. The van der Waals surface area contributed by atoms with Crippen LogP contribution in [0.25, 0.3) is 21.9 Å². The zero-order valence-electron chi connectivity index (χ0n) is 12.4. The van der Waals surface area contributed by atoms with Gasteiger partial charge < -0.3 is 13.9 Å². The minimum Gasteiger partial charge on any atom is -0.456 e. The fourth-order valence-corrected chi connectivity index (χ4v) is 2.82. The molecule has 0 fully saturated rings. The largest absolute Gasteiger partial charge is 0.456 e. The highest BCUT2D eigenvalue weighted by Crippen LogP contribution is 2.26. The van der Waals surface area contributed by atoms with Crippen molar-refractivity contribution >= 4 is 39.0 Å². The molecule has 0 radical (unpaired) electrons.